The van der Waals surface area contributed by atoms with Gasteiger partial charge in [-0.2, -0.15) is 0 Å². The number of aryl methyl sites for hydroxylation is 1. The Hall–Kier alpha value is -2.48. The molecule has 168 valence electrons. The van der Waals surface area contributed by atoms with Gasteiger partial charge in [-0.05, 0) is 47.7 Å². The summed E-state index contributed by atoms with van der Waals surface area (Å²) in [6, 6.07) is 19.2. The molecular weight excluding hydrogens is 488 g/mol. The van der Waals surface area contributed by atoms with Crippen LogP contribution in [0.5, 0.6) is 0 Å². The van der Waals surface area contributed by atoms with Gasteiger partial charge in [0.1, 0.15) is 6.54 Å². The first-order valence-electron chi connectivity index (χ1n) is 10.4. The van der Waals surface area contributed by atoms with E-state index in [4.69, 9.17) is 4.74 Å². The molecular formula is C25H27BrN2O3S. The van der Waals surface area contributed by atoms with Gasteiger partial charge >= 0.3 is 0 Å². The standard InChI is InChI=1S/C25H27BrN2O3S/c1-19-11-14-32-23(19)17-28(16-20-7-4-3-5-8-20)24(29)18-27(12-13-31-2)25(30)21-9-6-10-22(26)15-21/h3-11,14-15H,12-13,16-18H2,1-2H3. The van der Waals surface area contributed by atoms with Crippen LogP contribution >= 0.6 is 27.3 Å². The number of carbonyl (C=O) groups excluding carboxylic acids is 2. The Morgan fingerprint density at radius 1 is 1.00 bits per heavy atom. The number of amides is 2. The van der Waals surface area contributed by atoms with Gasteiger partial charge in [0.2, 0.25) is 5.91 Å². The molecule has 0 fully saturated rings. The van der Waals surface area contributed by atoms with Gasteiger partial charge in [0.05, 0.1) is 13.2 Å². The molecule has 0 unspecified atom stereocenters. The molecule has 0 spiro atoms. The third kappa shape index (κ3) is 6.76. The summed E-state index contributed by atoms with van der Waals surface area (Å²) in [5.41, 5.74) is 2.76. The largest absolute Gasteiger partial charge is 0.383 e. The Morgan fingerprint density at radius 2 is 1.78 bits per heavy atom. The van der Waals surface area contributed by atoms with Gasteiger partial charge in [0, 0.05) is 35.1 Å². The number of thiophene rings is 1. The van der Waals surface area contributed by atoms with Gasteiger partial charge in [-0.1, -0.05) is 52.3 Å². The molecule has 7 heteroatoms. The molecule has 2 amide bonds. The zero-order chi connectivity index (χ0) is 22.9. The van der Waals surface area contributed by atoms with Crippen LogP contribution < -0.4 is 0 Å². The lowest BCUT2D eigenvalue weighted by molar-refractivity contribution is -0.133. The van der Waals surface area contributed by atoms with Crippen molar-refractivity contribution >= 4 is 39.1 Å². The quantitative estimate of drug-likeness (QED) is 0.376. The number of methoxy groups -OCH3 is 1. The minimum atomic E-state index is -0.191. The summed E-state index contributed by atoms with van der Waals surface area (Å²) in [5, 5.41) is 2.04. The number of nitrogens with zero attached hydrogens (tertiary/aromatic N) is 2. The number of hydrogen-bond acceptors (Lipinski definition) is 4. The molecule has 1 aromatic heterocycles. The van der Waals surface area contributed by atoms with Gasteiger partial charge < -0.3 is 14.5 Å². The molecule has 1 heterocycles. The highest BCUT2D eigenvalue weighted by atomic mass is 79.9. The van der Waals surface area contributed by atoms with Crippen molar-refractivity contribution in [2.75, 3.05) is 26.8 Å². The fourth-order valence-corrected chi connectivity index (χ4v) is 4.62. The van der Waals surface area contributed by atoms with Crippen LogP contribution in [0.3, 0.4) is 0 Å². The first-order valence-corrected chi connectivity index (χ1v) is 12.0. The van der Waals surface area contributed by atoms with E-state index in [2.05, 4.69) is 28.9 Å². The van der Waals surface area contributed by atoms with E-state index < -0.39 is 0 Å². The molecule has 0 atom stereocenters. The molecule has 3 rings (SSSR count). The third-order valence-corrected chi connectivity index (χ3v) is 6.62. The minimum Gasteiger partial charge on any atom is -0.383 e. The summed E-state index contributed by atoms with van der Waals surface area (Å²) in [4.78, 5) is 31.2. The van der Waals surface area contributed by atoms with E-state index in [1.165, 1.54) is 5.56 Å². The third-order valence-electron chi connectivity index (χ3n) is 5.12. The second-order valence-electron chi connectivity index (χ2n) is 7.49. The summed E-state index contributed by atoms with van der Waals surface area (Å²) in [6.07, 6.45) is 0. The molecule has 3 aromatic rings. The van der Waals surface area contributed by atoms with E-state index in [0.717, 1.165) is 14.9 Å². The second-order valence-corrected chi connectivity index (χ2v) is 9.41. The molecule has 2 aromatic carbocycles. The van der Waals surface area contributed by atoms with Crippen molar-refractivity contribution in [3.05, 3.63) is 92.1 Å². The molecule has 0 aliphatic heterocycles. The van der Waals surface area contributed by atoms with Gasteiger partial charge in [0.15, 0.2) is 0 Å². The van der Waals surface area contributed by atoms with Gasteiger partial charge in [0.25, 0.3) is 5.91 Å². The molecule has 0 radical (unpaired) electrons. The Labute approximate surface area is 201 Å². The lowest BCUT2D eigenvalue weighted by Gasteiger charge is -2.28. The average Bonchev–Trinajstić information content (AvgIpc) is 3.20. The SMILES string of the molecule is COCCN(CC(=O)N(Cc1ccccc1)Cc1sccc1C)C(=O)c1cccc(Br)c1. The van der Waals surface area contributed by atoms with E-state index in [9.17, 15) is 9.59 Å². The van der Waals surface area contributed by atoms with Crippen molar-refractivity contribution < 1.29 is 14.3 Å². The van der Waals surface area contributed by atoms with Crippen LogP contribution in [0.15, 0.2) is 70.5 Å². The van der Waals surface area contributed by atoms with Crippen molar-refractivity contribution in [2.45, 2.75) is 20.0 Å². The summed E-state index contributed by atoms with van der Waals surface area (Å²) in [6.45, 7) is 3.74. The maximum atomic E-state index is 13.4. The zero-order valence-corrected chi connectivity index (χ0v) is 20.7. The number of halogens is 1. The highest BCUT2D eigenvalue weighted by Crippen LogP contribution is 2.20. The van der Waals surface area contributed by atoms with Crippen LogP contribution in [0.1, 0.15) is 26.4 Å². The van der Waals surface area contributed by atoms with Crippen LogP contribution in [0, 0.1) is 6.92 Å². The smallest absolute Gasteiger partial charge is 0.254 e. The summed E-state index contributed by atoms with van der Waals surface area (Å²) < 4.78 is 6.01. The predicted octanol–water partition coefficient (Wildman–Crippen LogP) is 5.14. The van der Waals surface area contributed by atoms with Gasteiger partial charge in [-0.15, -0.1) is 11.3 Å². The number of rotatable bonds is 10. The first-order chi connectivity index (χ1) is 15.5. The first kappa shape index (κ1) is 24.2. The van der Waals surface area contributed by atoms with E-state index >= 15 is 0 Å². The predicted molar refractivity (Wildman–Crippen MR) is 132 cm³/mol. The van der Waals surface area contributed by atoms with Crippen LogP contribution in [0.25, 0.3) is 0 Å². The van der Waals surface area contributed by atoms with Crippen molar-refractivity contribution in [1.29, 1.82) is 0 Å². The van der Waals surface area contributed by atoms with Gasteiger partial charge in [-0.3, -0.25) is 9.59 Å². The monoisotopic (exact) mass is 514 g/mol. The minimum absolute atomic E-state index is 0.00797. The maximum absolute atomic E-state index is 13.4. The Morgan fingerprint density at radius 3 is 2.44 bits per heavy atom. The lowest BCUT2D eigenvalue weighted by atomic mass is 10.2. The number of carbonyl (C=O) groups is 2. The Kier molecular flexibility index (Phi) is 9.02. The highest BCUT2D eigenvalue weighted by Gasteiger charge is 2.23. The molecule has 0 saturated carbocycles. The highest BCUT2D eigenvalue weighted by molar-refractivity contribution is 9.10. The number of ether oxygens (including phenoxy) is 1. The zero-order valence-electron chi connectivity index (χ0n) is 18.3. The van der Waals surface area contributed by atoms with Crippen LogP contribution in [-0.4, -0.2) is 48.4 Å². The van der Waals surface area contributed by atoms with E-state index in [-0.39, 0.29) is 18.4 Å². The molecule has 5 nitrogen and oxygen atoms in total. The Bertz CT molecular complexity index is 1040. The van der Waals surface area contributed by atoms with Crippen LogP contribution in [0.4, 0.5) is 0 Å². The molecule has 0 saturated heterocycles. The van der Waals surface area contributed by atoms with Crippen molar-refractivity contribution in [3.63, 3.8) is 0 Å². The fraction of sp³-hybridized carbons (Fsp3) is 0.280. The van der Waals surface area contributed by atoms with Gasteiger partial charge in [-0.25, -0.2) is 0 Å². The molecule has 0 aliphatic carbocycles. The average molecular weight is 515 g/mol. The fourth-order valence-electron chi connectivity index (χ4n) is 3.30. The summed E-state index contributed by atoms with van der Waals surface area (Å²) in [7, 11) is 1.59. The molecule has 0 aliphatic rings. The molecule has 32 heavy (non-hydrogen) atoms. The van der Waals surface area contributed by atoms with Crippen LogP contribution in [0.2, 0.25) is 0 Å². The second kappa shape index (κ2) is 11.9. The van der Waals surface area contributed by atoms with E-state index in [1.54, 1.807) is 35.5 Å². The van der Waals surface area contributed by atoms with Crippen molar-refractivity contribution in [3.8, 4) is 0 Å². The number of hydrogen-bond donors (Lipinski definition) is 0. The van der Waals surface area contributed by atoms with Crippen LogP contribution in [-0.2, 0) is 22.6 Å². The Balaban J connectivity index is 1.81. The molecule has 0 N–H and O–H groups in total. The number of benzene rings is 2. The van der Waals surface area contributed by atoms with E-state index in [0.29, 0.717) is 31.8 Å². The topological polar surface area (TPSA) is 49.9 Å². The maximum Gasteiger partial charge on any atom is 0.254 e. The molecule has 0 bridgehead atoms. The normalized spacial score (nSPS) is 10.7. The van der Waals surface area contributed by atoms with E-state index in [1.807, 2.05) is 52.7 Å². The lowest BCUT2D eigenvalue weighted by Crippen LogP contribution is -2.43. The van der Waals surface area contributed by atoms with Crippen molar-refractivity contribution in [2.24, 2.45) is 0 Å². The summed E-state index contributed by atoms with van der Waals surface area (Å²) in [5.74, 6) is -0.287. The summed E-state index contributed by atoms with van der Waals surface area (Å²) >= 11 is 5.06. The van der Waals surface area contributed by atoms with Crippen molar-refractivity contribution in [1.82, 2.24) is 9.80 Å².